The SMILES string of the molecule is CN1CCC(N(C)c2nc3cc(NC(=O)c4cc(-c5ccccc5)on4)ccc3o2)CC1. The van der Waals surface area contributed by atoms with Crippen LogP contribution in [0.4, 0.5) is 11.7 Å². The van der Waals surface area contributed by atoms with Gasteiger partial charge in [0, 0.05) is 30.4 Å². The normalized spacial score (nSPS) is 15.2. The molecule has 8 nitrogen and oxygen atoms in total. The Kier molecular flexibility index (Phi) is 5.36. The van der Waals surface area contributed by atoms with Gasteiger partial charge in [-0.15, -0.1) is 0 Å². The summed E-state index contributed by atoms with van der Waals surface area (Å²) in [7, 11) is 4.17. The number of oxazole rings is 1. The first-order valence-corrected chi connectivity index (χ1v) is 10.7. The van der Waals surface area contributed by atoms with Gasteiger partial charge in [-0.3, -0.25) is 4.79 Å². The average molecular weight is 431 g/mol. The highest BCUT2D eigenvalue weighted by atomic mass is 16.5. The maximum Gasteiger partial charge on any atom is 0.298 e. The van der Waals surface area contributed by atoms with E-state index < -0.39 is 0 Å². The molecule has 164 valence electrons. The molecule has 1 aliphatic rings. The molecule has 1 saturated heterocycles. The molecule has 1 fully saturated rings. The molecule has 0 unspecified atom stereocenters. The van der Waals surface area contributed by atoms with E-state index in [9.17, 15) is 4.79 Å². The minimum atomic E-state index is -0.345. The third-order valence-corrected chi connectivity index (χ3v) is 5.97. The number of hydrogen-bond donors (Lipinski definition) is 1. The first-order valence-electron chi connectivity index (χ1n) is 10.7. The molecular weight excluding hydrogens is 406 g/mol. The number of likely N-dealkylation sites (tertiary alicyclic amines) is 1. The van der Waals surface area contributed by atoms with Crippen LogP contribution in [-0.4, -0.2) is 54.2 Å². The van der Waals surface area contributed by atoms with Crippen LogP contribution in [0.1, 0.15) is 23.3 Å². The Morgan fingerprint density at radius 1 is 1.12 bits per heavy atom. The van der Waals surface area contributed by atoms with Crippen LogP contribution in [0.5, 0.6) is 0 Å². The van der Waals surface area contributed by atoms with Gasteiger partial charge in [-0.1, -0.05) is 35.5 Å². The highest BCUT2D eigenvalue weighted by molar-refractivity contribution is 6.04. The lowest BCUT2D eigenvalue weighted by molar-refractivity contribution is 0.101. The second kappa shape index (κ2) is 8.47. The number of piperidine rings is 1. The molecule has 0 atom stereocenters. The number of carbonyl (C=O) groups excluding carboxylic acids is 1. The van der Waals surface area contributed by atoms with Gasteiger partial charge >= 0.3 is 0 Å². The van der Waals surface area contributed by atoms with Crippen molar-refractivity contribution in [2.45, 2.75) is 18.9 Å². The van der Waals surface area contributed by atoms with Crippen LogP contribution in [-0.2, 0) is 0 Å². The molecule has 2 aromatic carbocycles. The van der Waals surface area contributed by atoms with E-state index in [0.29, 0.717) is 34.6 Å². The standard InChI is InChI=1S/C24H25N5O3/c1-28-12-10-18(11-13-28)29(2)24-26-19-14-17(8-9-21(19)31-24)25-23(30)20-15-22(32-27-20)16-6-4-3-5-7-16/h3-9,14-15,18H,10-13H2,1-2H3,(H,25,30). The fraction of sp³-hybridized carbons (Fsp3) is 0.292. The Morgan fingerprint density at radius 3 is 2.69 bits per heavy atom. The van der Waals surface area contributed by atoms with E-state index in [1.54, 1.807) is 18.2 Å². The van der Waals surface area contributed by atoms with Gasteiger partial charge in [0.25, 0.3) is 11.9 Å². The van der Waals surface area contributed by atoms with Gasteiger partial charge in [0.05, 0.1) is 0 Å². The van der Waals surface area contributed by atoms with Crippen LogP contribution >= 0.6 is 0 Å². The van der Waals surface area contributed by atoms with Crippen LogP contribution in [0, 0.1) is 0 Å². The Balaban J connectivity index is 1.30. The lowest BCUT2D eigenvalue weighted by atomic mass is 10.0. The van der Waals surface area contributed by atoms with Gasteiger partial charge in [-0.2, -0.15) is 4.98 Å². The summed E-state index contributed by atoms with van der Waals surface area (Å²) < 4.78 is 11.3. The number of amides is 1. The Bertz CT molecular complexity index is 1220. The molecule has 3 heterocycles. The summed E-state index contributed by atoms with van der Waals surface area (Å²) in [5.41, 5.74) is 3.08. The zero-order valence-electron chi connectivity index (χ0n) is 18.1. The largest absolute Gasteiger partial charge is 0.423 e. The smallest absolute Gasteiger partial charge is 0.298 e. The Hall–Kier alpha value is -3.65. The van der Waals surface area contributed by atoms with E-state index in [1.807, 2.05) is 43.4 Å². The summed E-state index contributed by atoms with van der Waals surface area (Å²) in [4.78, 5) is 21.8. The monoisotopic (exact) mass is 431 g/mol. The second-order valence-corrected chi connectivity index (χ2v) is 8.22. The van der Waals surface area contributed by atoms with Crippen molar-refractivity contribution in [3.8, 4) is 11.3 Å². The van der Waals surface area contributed by atoms with Gasteiger partial charge in [-0.05, 0) is 51.2 Å². The third-order valence-electron chi connectivity index (χ3n) is 5.97. The van der Waals surface area contributed by atoms with Crippen LogP contribution in [0.2, 0.25) is 0 Å². The third kappa shape index (κ3) is 4.09. The minimum Gasteiger partial charge on any atom is -0.423 e. The molecule has 4 aromatic rings. The van der Waals surface area contributed by atoms with E-state index in [2.05, 4.69) is 32.3 Å². The first kappa shape index (κ1) is 20.3. The predicted octanol–water partition coefficient (Wildman–Crippen LogP) is 4.27. The van der Waals surface area contributed by atoms with E-state index in [1.165, 1.54) is 0 Å². The maximum atomic E-state index is 12.7. The van der Waals surface area contributed by atoms with E-state index in [4.69, 9.17) is 8.94 Å². The molecule has 1 amide bonds. The van der Waals surface area contributed by atoms with Crippen molar-refractivity contribution in [3.63, 3.8) is 0 Å². The van der Waals surface area contributed by atoms with Crippen molar-refractivity contribution in [1.29, 1.82) is 0 Å². The molecule has 0 aliphatic carbocycles. The molecule has 1 aliphatic heterocycles. The number of fused-ring (bicyclic) bond motifs is 1. The molecule has 32 heavy (non-hydrogen) atoms. The van der Waals surface area contributed by atoms with Gasteiger partial charge in [0.2, 0.25) is 0 Å². The van der Waals surface area contributed by atoms with Gasteiger partial charge in [-0.25, -0.2) is 0 Å². The molecule has 8 heteroatoms. The molecule has 2 aromatic heterocycles. The minimum absolute atomic E-state index is 0.215. The van der Waals surface area contributed by atoms with Crippen molar-refractivity contribution in [2.75, 3.05) is 37.4 Å². The fourth-order valence-electron chi connectivity index (χ4n) is 4.00. The summed E-state index contributed by atoms with van der Waals surface area (Å²) in [6, 6.07) is 17.6. The maximum absolute atomic E-state index is 12.7. The molecule has 0 bridgehead atoms. The summed E-state index contributed by atoms with van der Waals surface area (Å²) >= 11 is 0. The van der Waals surface area contributed by atoms with Crippen molar-refractivity contribution in [2.24, 2.45) is 0 Å². The molecule has 0 radical (unpaired) electrons. The topological polar surface area (TPSA) is 87.6 Å². The molecule has 1 N–H and O–H groups in total. The molecule has 5 rings (SSSR count). The highest BCUT2D eigenvalue weighted by Crippen LogP contribution is 2.27. The van der Waals surface area contributed by atoms with Crippen LogP contribution in [0.25, 0.3) is 22.4 Å². The molecular formula is C24H25N5O3. The predicted molar refractivity (Wildman–Crippen MR) is 123 cm³/mol. The molecule has 0 spiro atoms. The van der Waals surface area contributed by atoms with E-state index in [0.717, 1.165) is 31.5 Å². The number of benzene rings is 2. The molecule has 0 saturated carbocycles. The number of hydrogen-bond acceptors (Lipinski definition) is 7. The Labute approximate surface area is 185 Å². The second-order valence-electron chi connectivity index (χ2n) is 8.22. The van der Waals surface area contributed by atoms with Crippen molar-refractivity contribution in [1.82, 2.24) is 15.0 Å². The lowest BCUT2D eigenvalue weighted by Gasteiger charge is -2.34. The summed E-state index contributed by atoms with van der Waals surface area (Å²) in [6.07, 6.45) is 2.16. The number of nitrogens with zero attached hydrogens (tertiary/aromatic N) is 4. The number of anilines is 2. The van der Waals surface area contributed by atoms with E-state index in [-0.39, 0.29) is 11.6 Å². The highest BCUT2D eigenvalue weighted by Gasteiger charge is 2.24. The number of aromatic nitrogens is 2. The van der Waals surface area contributed by atoms with Gasteiger partial charge in [0.15, 0.2) is 17.0 Å². The Morgan fingerprint density at radius 2 is 1.91 bits per heavy atom. The average Bonchev–Trinajstić information content (AvgIpc) is 3.47. The van der Waals surface area contributed by atoms with Crippen molar-refractivity contribution >= 4 is 28.7 Å². The van der Waals surface area contributed by atoms with Crippen LogP contribution < -0.4 is 10.2 Å². The summed E-state index contributed by atoms with van der Waals surface area (Å²) in [5, 5.41) is 6.76. The van der Waals surface area contributed by atoms with Crippen LogP contribution in [0.3, 0.4) is 0 Å². The number of carbonyl (C=O) groups is 1. The van der Waals surface area contributed by atoms with Gasteiger partial charge in [0.1, 0.15) is 5.52 Å². The van der Waals surface area contributed by atoms with Crippen molar-refractivity contribution < 1.29 is 13.7 Å². The van der Waals surface area contributed by atoms with E-state index >= 15 is 0 Å². The van der Waals surface area contributed by atoms with Crippen molar-refractivity contribution in [3.05, 3.63) is 60.3 Å². The fourth-order valence-corrected chi connectivity index (χ4v) is 4.00. The zero-order valence-corrected chi connectivity index (χ0v) is 18.1. The quantitative estimate of drug-likeness (QED) is 0.505. The zero-order chi connectivity index (χ0) is 22.1. The lowest BCUT2D eigenvalue weighted by Crippen LogP contribution is -2.42. The summed E-state index contributed by atoms with van der Waals surface area (Å²) in [5.74, 6) is 0.201. The first-order chi connectivity index (χ1) is 15.6. The van der Waals surface area contributed by atoms with Crippen LogP contribution in [0.15, 0.2) is 63.5 Å². The summed E-state index contributed by atoms with van der Waals surface area (Å²) in [6.45, 7) is 2.14. The number of nitrogens with one attached hydrogen (secondary N) is 1. The van der Waals surface area contributed by atoms with Gasteiger partial charge < -0.3 is 24.1 Å². The number of rotatable bonds is 5.